The van der Waals surface area contributed by atoms with E-state index >= 15 is 0 Å². The molecule has 0 aromatic carbocycles. The van der Waals surface area contributed by atoms with Gasteiger partial charge in [-0.15, -0.1) is 0 Å². The third-order valence-electron chi connectivity index (χ3n) is 3.49. The lowest BCUT2D eigenvalue weighted by Gasteiger charge is -2.31. The topological polar surface area (TPSA) is 82.8 Å². The molecule has 1 unspecified atom stereocenters. The van der Waals surface area contributed by atoms with Gasteiger partial charge in [-0.25, -0.2) is 9.59 Å². The molecule has 1 aromatic heterocycles. The largest absolute Gasteiger partial charge is 0.478 e. The molecule has 1 saturated heterocycles. The van der Waals surface area contributed by atoms with Crippen LogP contribution in [0.15, 0.2) is 10.5 Å². The second kappa shape index (κ2) is 6.89. The van der Waals surface area contributed by atoms with Crippen LogP contribution in [0.25, 0.3) is 0 Å². The number of urea groups is 1. The number of thioether (sulfide) groups is 1. The quantitative estimate of drug-likeness (QED) is 0.891. The average Bonchev–Trinajstić information content (AvgIpc) is 2.86. The summed E-state index contributed by atoms with van der Waals surface area (Å²) in [7, 11) is 0. The molecule has 2 heterocycles. The van der Waals surface area contributed by atoms with Gasteiger partial charge in [-0.3, -0.25) is 0 Å². The minimum absolute atomic E-state index is 0.125. The van der Waals surface area contributed by atoms with E-state index in [1.54, 1.807) is 11.8 Å². The number of amides is 2. The van der Waals surface area contributed by atoms with Crippen LogP contribution in [0.4, 0.5) is 4.79 Å². The van der Waals surface area contributed by atoms with Crippen LogP contribution >= 0.6 is 11.8 Å². The van der Waals surface area contributed by atoms with Crippen molar-refractivity contribution in [2.45, 2.75) is 32.1 Å². The van der Waals surface area contributed by atoms with Crippen LogP contribution in [0.5, 0.6) is 0 Å². The number of furan rings is 1. The minimum Gasteiger partial charge on any atom is -0.478 e. The van der Waals surface area contributed by atoms with Crippen molar-refractivity contribution in [3.05, 3.63) is 23.2 Å². The molecule has 116 valence electrons. The van der Waals surface area contributed by atoms with Crippen molar-refractivity contribution in [2.75, 3.05) is 18.8 Å². The zero-order chi connectivity index (χ0) is 15.4. The lowest BCUT2D eigenvalue weighted by atomic mass is 10.2. The van der Waals surface area contributed by atoms with Crippen LogP contribution in [-0.2, 0) is 6.54 Å². The molecule has 0 saturated carbocycles. The Balaban J connectivity index is 1.89. The normalized spacial score (nSPS) is 18.6. The number of nitrogens with one attached hydrogen (secondary N) is 1. The van der Waals surface area contributed by atoms with Gasteiger partial charge in [0.2, 0.25) is 0 Å². The molecular weight excluding hydrogens is 292 g/mol. The van der Waals surface area contributed by atoms with E-state index in [-0.39, 0.29) is 18.1 Å². The van der Waals surface area contributed by atoms with Crippen LogP contribution < -0.4 is 5.32 Å². The van der Waals surface area contributed by atoms with Crippen LogP contribution in [0.3, 0.4) is 0 Å². The van der Waals surface area contributed by atoms with Gasteiger partial charge in [0.05, 0.1) is 6.54 Å². The van der Waals surface area contributed by atoms with E-state index in [0.29, 0.717) is 16.8 Å². The van der Waals surface area contributed by atoms with Gasteiger partial charge in [-0.1, -0.05) is 6.92 Å². The van der Waals surface area contributed by atoms with E-state index in [1.165, 1.54) is 6.07 Å². The standard InChI is InChI=1S/C14H20N2O4S/c1-3-11-8-16(4-5-21-11)14(19)15-7-10-6-12(13(17)18)9(2)20-10/h6,11H,3-5,7-8H2,1-2H3,(H,15,19)(H,17,18). The van der Waals surface area contributed by atoms with Crippen LogP contribution in [-0.4, -0.2) is 46.1 Å². The number of rotatable bonds is 4. The summed E-state index contributed by atoms with van der Waals surface area (Å²) >= 11 is 1.90. The Morgan fingerprint density at radius 2 is 2.33 bits per heavy atom. The van der Waals surface area contributed by atoms with Gasteiger partial charge in [0.15, 0.2) is 0 Å². The van der Waals surface area contributed by atoms with Gasteiger partial charge in [0, 0.05) is 24.1 Å². The number of carbonyl (C=O) groups is 2. The number of aryl methyl sites for hydroxylation is 1. The lowest BCUT2D eigenvalue weighted by Crippen LogP contribution is -2.46. The van der Waals surface area contributed by atoms with Crippen molar-refractivity contribution in [3.63, 3.8) is 0 Å². The Labute approximate surface area is 127 Å². The van der Waals surface area contributed by atoms with Crippen molar-refractivity contribution in [2.24, 2.45) is 0 Å². The van der Waals surface area contributed by atoms with Crippen molar-refractivity contribution in [1.29, 1.82) is 0 Å². The molecule has 2 amide bonds. The first-order valence-electron chi connectivity index (χ1n) is 6.98. The van der Waals surface area contributed by atoms with E-state index in [0.717, 1.165) is 25.3 Å². The second-order valence-corrected chi connectivity index (χ2v) is 6.40. The fraction of sp³-hybridized carbons (Fsp3) is 0.571. The molecule has 2 rings (SSSR count). The van der Waals surface area contributed by atoms with Gasteiger partial charge >= 0.3 is 12.0 Å². The van der Waals surface area contributed by atoms with Gasteiger partial charge in [-0.05, 0) is 19.4 Å². The van der Waals surface area contributed by atoms with Crippen LogP contribution in [0, 0.1) is 6.92 Å². The third kappa shape index (κ3) is 3.93. The minimum atomic E-state index is -1.02. The van der Waals surface area contributed by atoms with Gasteiger partial charge in [0.1, 0.15) is 17.1 Å². The molecule has 1 aliphatic heterocycles. The second-order valence-electron chi connectivity index (χ2n) is 4.99. The maximum Gasteiger partial charge on any atom is 0.339 e. The summed E-state index contributed by atoms with van der Waals surface area (Å²) in [5.41, 5.74) is 0.139. The highest BCUT2D eigenvalue weighted by atomic mass is 32.2. The molecule has 0 spiro atoms. The average molecular weight is 312 g/mol. The summed E-state index contributed by atoms with van der Waals surface area (Å²) in [6, 6.07) is 1.33. The summed E-state index contributed by atoms with van der Waals surface area (Å²) < 4.78 is 5.34. The zero-order valence-electron chi connectivity index (χ0n) is 12.2. The number of hydrogen-bond acceptors (Lipinski definition) is 4. The predicted octanol–water partition coefficient (Wildman–Crippen LogP) is 2.32. The number of carboxylic acids is 1. The van der Waals surface area contributed by atoms with E-state index in [4.69, 9.17) is 9.52 Å². The molecule has 6 nitrogen and oxygen atoms in total. The smallest absolute Gasteiger partial charge is 0.339 e. The number of carboxylic acid groups (broad SMARTS) is 1. The molecule has 0 radical (unpaired) electrons. The summed E-state index contributed by atoms with van der Waals surface area (Å²) in [6.07, 6.45) is 1.05. The highest BCUT2D eigenvalue weighted by Crippen LogP contribution is 2.21. The molecule has 2 N–H and O–H groups in total. The first kappa shape index (κ1) is 15.8. The molecule has 1 fully saturated rings. The van der Waals surface area contributed by atoms with E-state index in [2.05, 4.69) is 12.2 Å². The zero-order valence-corrected chi connectivity index (χ0v) is 13.0. The Morgan fingerprint density at radius 1 is 1.57 bits per heavy atom. The fourth-order valence-electron chi connectivity index (χ4n) is 2.27. The molecule has 0 aliphatic carbocycles. The van der Waals surface area contributed by atoms with Gasteiger partial charge in [0.25, 0.3) is 0 Å². The highest BCUT2D eigenvalue weighted by molar-refractivity contribution is 8.00. The highest BCUT2D eigenvalue weighted by Gasteiger charge is 2.23. The van der Waals surface area contributed by atoms with Crippen LogP contribution in [0.2, 0.25) is 0 Å². The number of aromatic carboxylic acids is 1. The molecule has 1 atom stereocenters. The fourth-order valence-corrected chi connectivity index (χ4v) is 3.45. The Kier molecular flexibility index (Phi) is 5.17. The van der Waals surface area contributed by atoms with E-state index < -0.39 is 5.97 Å². The summed E-state index contributed by atoms with van der Waals surface area (Å²) in [4.78, 5) is 24.8. The maximum absolute atomic E-state index is 12.1. The first-order chi connectivity index (χ1) is 10.0. The Morgan fingerprint density at radius 3 is 2.95 bits per heavy atom. The summed E-state index contributed by atoms with van der Waals surface area (Å²) in [6.45, 7) is 5.42. The molecule has 1 aromatic rings. The van der Waals surface area contributed by atoms with Crippen molar-refractivity contribution >= 4 is 23.8 Å². The monoisotopic (exact) mass is 312 g/mol. The predicted molar refractivity (Wildman–Crippen MR) is 80.8 cm³/mol. The van der Waals surface area contributed by atoms with Gasteiger partial charge in [-0.2, -0.15) is 11.8 Å². The van der Waals surface area contributed by atoms with Crippen molar-refractivity contribution in [1.82, 2.24) is 10.2 Å². The SMILES string of the molecule is CCC1CN(C(=O)NCc2cc(C(=O)O)c(C)o2)CCS1. The molecule has 1 aliphatic rings. The van der Waals surface area contributed by atoms with Crippen LogP contribution in [0.1, 0.15) is 35.2 Å². The van der Waals surface area contributed by atoms with E-state index in [9.17, 15) is 9.59 Å². The molecule has 0 bridgehead atoms. The third-order valence-corrected chi connectivity index (χ3v) is 4.87. The maximum atomic E-state index is 12.1. The Bertz CT molecular complexity index is 529. The van der Waals surface area contributed by atoms with Gasteiger partial charge < -0.3 is 19.7 Å². The number of hydrogen-bond donors (Lipinski definition) is 2. The van der Waals surface area contributed by atoms with Crippen molar-refractivity contribution in [3.8, 4) is 0 Å². The molecular formula is C14H20N2O4S. The first-order valence-corrected chi connectivity index (χ1v) is 8.03. The molecule has 7 heteroatoms. The number of carbonyl (C=O) groups excluding carboxylic acids is 1. The van der Waals surface area contributed by atoms with E-state index in [1.807, 2.05) is 11.8 Å². The Hall–Kier alpha value is -1.63. The summed E-state index contributed by atoms with van der Waals surface area (Å²) in [5.74, 6) is 0.742. The number of nitrogens with zero attached hydrogens (tertiary/aromatic N) is 1. The lowest BCUT2D eigenvalue weighted by molar-refractivity contribution is 0.0695. The van der Waals surface area contributed by atoms with Crippen molar-refractivity contribution < 1.29 is 19.1 Å². The summed E-state index contributed by atoms with van der Waals surface area (Å²) in [5, 5.41) is 12.2. The molecule has 21 heavy (non-hydrogen) atoms.